The maximum atomic E-state index is 10.8. The van der Waals surface area contributed by atoms with E-state index >= 15 is 0 Å². The molecular weight excluding hydrogens is 180 g/mol. The minimum absolute atomic E-state index is 0.269. The van der Waals surface area contributed by atoms with Crippen LogP contribution in [-0.2, 0) is 9.59 Å². The highest BCUT2D eigenvalue weighted by molar-refractivity contribution is 8.26. The largest absolute Gasteiger partial charge is 0.393 e. The highest BCUT2D eigenvalue weighted by Gasteiger charge is 2.17. The summed E-state index contributed by atoms with van der Waals surface area (Å²) < 4.78 is 0. The summed E-state index contributed by atoms with van der Waals surface area (Å²) in [6, 6.07) is 0. The van der Waals surface area contributed by atoms with Gasteiger partial charge in [-0.15, -0.1) is 0 Å². The molecule has 0 saturated heterocycles. The lowest BCUT2D eigenvalue weighted by Crippen LogP contribution is -2.22. The van der Waals surface area contributed by atoms with Gasteiger partial charge in [-0.05, 0) is 18.2 Å². The Morgan fingerprint density at radius 3 is 2.50 bits per heavy atom. The highest BCUT2D eigenvalue weighted by atomic mass is 32.2. The first-order valence-electron chi connectivity index (χ1n) is 3.65. The van der Waals surface area contributed by atoms with Crippen LogP contribution in [0.2, 0.25) is 0 Å². The van der Waals surface area contributed by atoms with Crippen molar-refractivity contribution in [3.63, 3.8) is 0 Å². The number of thioether (sulfide) groups is 1. The van der Waals surface area contributed by atoms with E-state index in [0.29, 0.717) is 24.6 Å². The Bertz CT molecular complexity index is 169. The second-order valence-corrected chi connectivity index (χ2v) is 3.30. The zero-order valence-electron chi connectivity index (χ0n) is 6.82. The number of carbonyl (C=O) groups is 2. The van der Waals surface area contributed by atoms with Gasteiger partial charge in [-0.25, -0.2) is 0 Å². The van der Waals surface area contributed by atoms with Gasteiger partial charge in [0.05, 0.1) is 6.61 Å². The van der Waals surface area contributed by atoms with Gasteiger partial charge in [0.1, 0.15) is 6.10 Å². The summed E-state index contributed by atoms with van der Waals surface area (Å²) in [5.74, 6) is 0. The summed E-state index contributed by atoms with van der Waals surface area (Å²) in [4.78, 5) is 21.6. The van der Waals surface area contributed by atoms with Gasteiger partial charge in [0.25, 0.3) is 0 Å². The van der Waals surface area contributed by atoms with Gasteiger partial charge in [-0.3, -0.25) is 9.59 Å². The lowest BCUT2D eigenvalue weighted by molar-refractivity contribution is -0.120. The molecule has 0 radical (unpaired) electrons. The first kappa shape index (κ1) is 11.6. The smallest absolute Gasteiger partial charge is 0.227 e. The fraction of sp³-hybridized carbons (Fsp3) is 0.714. The first-order chi connectivity index (χ1) is 5.61. The third-order valence-electron chi connectivity index (χ3n) is 1.11. The first-order valence-corrected chi connectivity index (χ1v) is 4.47. The van der Waals surface area contributed by atoms with Gasteiger partial charge < -0.3 is 10.2 Å². The summed E-state index contributed by atoms with van der Waals surface area (Å²) in [5, 5.41) is 16.2. The Morgan fingerprint density at radius 1 is 1.50 bits per heavy atom. The van der Waals surface area contributed by atoms with Crippen LogP contribution >= 0.6 is 11.8 Å². The zero-order chi connectivity index (χ0) is 9.56. The van der Waals surface area contributed by atoms with Crippen LogP contribution in [0.1, 0.15) is 19.8 Å². The van der Waals surface area contributed by atoms with Crippen molar-refractivity contribution in [2.24, 2.45) is 0 Å². The molecule has 0 aliphatic heterocycles. The average Bonchev–Trinajstić information content (AvgIpc) is 2.03. The van der Waals surface area contributed by atoms with E-state index in [1.807, 2.05) is 6.92 Å². The van der Waals surface area contributed by atoms with Crippen molar-refractivity contribution in [1.82, 2.24) is 0 Å². The van der Waals surface area contributed by atoms with Gasteiger partial charge in [-0.1, -0.05) is 6.92 Å². The molecule has 12 heavy (non-hydrogen) atoms. The van der Waals surface area contributed by atoms with E-state index in [2.05, 4.69) is 0 Å². The van der Waals surface area contributed by atoms with Gasteiger partial charge in [0, 0.05) is 6.42 Å². The quantitative estimate of drug-likeness (QED) is 0.652. The second kappa shape index (κ2) is 6.16. The normalized spacial score (nSPS) is 12.6. The molecule has 0 aromatic rings. The summed E-state index contributed by atoms with van der Waals surface area (Å²) in [6.45, 7) is 1.19. The number of hydrogen-bond donors (Lipinski definition) is 2. The van der Waals surface area contributed by atoms with Gasteiger partial charge in [0.15, 0.2) is 5.12 Å². The fourth-order valence-electron chi connectivity index (χ4n) is 0.510. The molecule has 5 heteroatoms. The van der Waals surface area contributed by atoms with Crippen molar-refractivity contribution in [2.75, 3.05) is 6.61 Å². The molecule has 0 amide bonds. The van der Waals surface area contributed by atoms with Crippen LogP contribution in [0, 0.1) is 0 Å². The molecule has 0 saturated carbocycles. The summed E-state index contributed by atoms with van der Waals surface area (Å²) in [6.07, 6.45) is -0.445. The molecule has 0 rings (SSSR count). The van der Waals surface area contributed by atoms with E-state index in [4.69, 9.17) is 10.2 Å². The maximum absolute atomic E-state index is 10.8. The zero-order valence-corrected chi connectivity index (χ0v) is 7.63. The monoisotopic (exact) mass is 192 g/mol. The maximum Gasteiger partial charge on any atom is 0.227 e. The van der Waals surface area contributed by atoms with E-state index in [1.54, 1.807) is 0 Å². The molecule has 0 heterocycles. The van der Waals surface area contributed by atoms with Crippen LogP contribution in [0.15, 0.2) is 0 Å². The second-order valence-electron chi connectivity index (χ2n) is 2.24. The van der Waals surface area contributed by atoms with Crippen molar-refractivity contribution in [2.45, 2.75) is 25.9 Å². The van der Waals surface area contributed by atoms with Gasteiger partial charge in [-0.2, -0.15) is 0 Å². The van der Waals surface area contributed by atoms with Crippen molar-refractivity contribution in [1.29, 1.82) is 0 Å². The van der Waals surface area contributed by atoms with Gasteiger partial charge in [0.2, 0.25) is 5.12 Å². The standard InChI is InChI=1S/C7H12O4S/c1-2-3-6(10)12-7(11)5(9)4-8/h5,8-9H,2-4H2,1H3. The molecule has 0 aromatic heterocycles. The Labute approximate surface area is 75.0 Å². The molecule has 70 valence electrons. The number of aliphatic hydroxyl groups is 2. The molecule has 0 aromatic carbocycles. The van der Waals surface area contributed by atoms with Crippen LogP contribution in [0.5, 0.6) is 0 Å². The number of rotatable bonds is 4. The lowest BCUT2D eigenvalue weighted by Gasteiger charge is -2.02. The molecule has 0 fully saturated rings. The Balaban J connectivity index is 3.76. The van der Waals surface area contributed by atoms with Crippen LogP contribution in [0.4, 0.5) is 0 Å². The minimum atomic E-state index is -1.43. The highest BCUT2D eigenvalue weighted by Crippen LogP contribution is 2.10. The summed E-state index contributed by atoms with van der Waals surface area (Å²) in [5.41, 5.74) is 0. The lowest BCUT2D eigenvalue weighted by atomic mass is 10.4. The van der Waals surface area contributed by atoms with Crippen LogP contribution < -0.4 is 0 Å². The van der Waals surface area contributed by atoms with Crippen LogP contribution in [0.3, 0.4) is 0 Å². The van der Waals surface area contributed by atoms with Crippen molar-refractivity contribution in [3.05, 3.63) is 0 Å². The fourth-order valence-corrected chi connectivity index (χ4v) is 1.25. The Hall–Kier alpha value is -0.390. The van der Waals surface area contributed by atoms with Crippen LogP contribution in [-0.4, -0.2) is 33.2 Å². The molecule has 0 spiro atoms. The average molecular weight is 192 g/mol. The molecule has 0 aliphatic carbocycles. The topological polar surface area (TPSA) is 74.6 Å². The van der Waals surface area contributed by atoms with E-state index in [-0.39, 0.29) is 5.12 Å². The number of carbonyl (C=O) groups excluding carboxylic acids is 2. The number of hydrogen-bond acceptors (Lipinski definition) is 5. The third-order valence-corrected chi connectivity index (χ3v) is 2.02. The minimum Gasteiger partial charge on any atom is -0.393 e. The van der Waals surface area contributed by atoms with E-state index in [0.717, 1.165) is 0 Å². The summed E-state index contributed by atoms with van der Waals surface area (Å²) in [7, 11) is 0. The molecule has 0 bridgehead atoms. The van der Waals surface area contributed by atoms with Crippen molar-refractivity contribution < 1.29 is 19.8 Å². The Kier molecular flexibility index (Phi) is 5.96. The summed E-state index contributed by atoms with van der Waals surface area (Å²) >= 11 is 0.469. The van der Waals surface area contributed by atoms with E-state index in [1.165, 1.54) is 0 Å². The molecule has 0 aliphatic rings. The van der Waals surface area contributed by atoms with E-state index in [9.17, 15) is 9.59 Å². The van der Waals surface area contributed by atoms with E-state index < -0.39 is 17.8 Å². The SMILES string of the molecule is CCCC(=O)SC(=O)C(O)CO. The predicted molar refractivity (Wildman–Crippen MR) is 45.6 cm³/mol. The van der Waals surface area contributed by atoms with Gasteiger partial charge >= 0.3 is 0 Å². The molecular formula is C7H12O4S. The number of aliphatic hydroxyl groups excluding tert-OH is 2. The molecule has 1 atom stereocenters. The predicted octanol–water partition coefficient (Wildman–Crippen LogP) is -0.0739. The molecule has 4 nitrogen and oxygen atoms in total. The molecule has 1 unspecified atom stereocenters. The molecule has 2 N–H and O–H groups in total. The van der Waals surface area contributed by atoms with Crippen LogP contribution in [0.25, 0.3) is 0 Å². The third kappa shape index (κ3) is 4.48. The Morgan fingerprint density at radius 2 is 2.08 bits per heavy atom. The van der Waals surface area contributed by atoms with Crippen molar-refractivity contribution >= 4 is 22.0 Å². The van der Waals surface area contributed by atoms with Crippen molar-refractivity contribution in [3.8, 4) is 0 Å².